The molecular formula is C26H34N8O3. The van der Waals surface area contributed by atoms with E-state index in [2.05, 4.69) is 30.8 Å². The van der Waals surface area contributed by atoms with Crippen molar-refractivity contribution in [3.05, 3.63) is 59.3 Å². The van der Waals surface area contributed by atoms with Gasteiger partial charge in [0.25, 0.3) is 0 Å². The van der Waals surface area contributed by atoms with Crippen LogP contribution in [-0.4, -0.2) is 45.7 Å². The molecule has 0 aliphatic carbocycles. The van der Waals surface area contributed by atoms with Gasteiger partial charge in [-0.05, 0) is 69.6 Å². The number of benzene rings is 1. The van der Waals surface area contributed by atoms with E-state index in [1.54, 1.807) is 39.1 Å². The average molecular weight is 507 g/mol. The van der Waals surface area contributed by atoms with E-state index >= 15 is 0 Å². The number of carbonyl (C=O) groups is 1. The molecule has 2 aromatic heterocycles. The third-order valence-corrected chi connectivity index (χ3v) is 5.40. The van der Waals surface area contributed by atoms with Crippen LogP contribution in [0.5, 0.6) is 0 Å². The number of pyridine rings is 1. The molecule has 1 aromatic carbocycles. The number of nitroso groups, excluding NO2 is 1. The molecule has 0 fully saturated rings. The Morgan fingerprint density at radius 3 is 2.41 bits per heavy atom. The highest BCUT2D eigenvalue weighted by Crippen LogP contribution is 2.26. The highest BCUT2D eigenvalue weighted by Gasteiger charge is 2.27. The Labute approximate surface area is 216 Å². The molecule has 0 aliphatic rings. The van der Waals surface area contributed by atoms with Gasteiger partial charge in [0, 0.05) is 31.4 Å². The number of nitrogens with one attached hydrogen (secondary N) is 2. The van der Waals surface area contributed by atoms with Gasteiger partial charge in [0.05, 0.1) is 11.9 Å². The maximum absolute atomic E-state index is 13.2. The van der Waals surface area contributed by atoms with Gasteiger partial charge in [-0.25, -0.2) is 14.8 Å². The number of hydrogen-bond donors (Lipinski definition) is 3. The number of esters is 1. The quantitative estimate of drug-likeness (QED) is 0.244. The Morgan fingerprint density at radius 2 is 1.81 bits per heavy atom. The molecule has 4 N–H and O–H groups in total. The topological polar surface area (TPSA) is 148 Å². The number of ether oxygens (including phenoxy) is 1. The summed E-state index contributed by atoms with van der Waals surface area (Å²) in [5, 5.41) is 9.31. The molecule has 37 heavy (non-hydrogen) atoms. The maximum atomic E-state index is 13.2. The van der Waals surface area contributed by atoms with Crippen LogP contribution in [0, 0.1) is 4.91 Å². The Hall–Kier alpha value is -4.28. The molecule has 11 nitrogen and oxygen atoms in total. The molecule has 0 radical (unpaired) electrons. The predicted molar refractivity (Wildman–Crippen MR) is 146 cm³/mol. The Bertz CT molecular complexity index is 1210. The molecule has 0 spiro atoms. The molecular weight excluding hydrogens is 472 g/mol. The second-order valence-electron chi connectivity index (χ2n) is 9.37. The first kappa shape index (κ1) is 27.3. The second kappa shape index (κ2) is 12.1. The van der Waals surface area contributed by atoms with Gasteiger partial charge in [0.1, 0.15) is 11.6 Å². The summed E-state index contributed by atoms with van der Waals surface area (Å²) in [6.07, 6.45) is 3.29. The van der Waals surface area contributed by atoms with Crippen LogP contribution in [0.2, 0.25) is 0 Å². The molecule has 0 aliphatic heterocycles. The molecule has 0 amide bonds. The van der Waals surface area contributed by atoms with Crippen molar-refractivity contribution in [2.45, 2.75) is 52.7 Å². The molecule has 2 heterocycles. The van der Waals surface area contributed by atoms with Gasteiger partial charge in [-0.2, -0.15) is 4.98 Å². The Kier molecular flexibility index (Phi) is 8.94. The van der Waals surface area contributed by atoms with E-state index in [9.17, 15) is 9.70 Å². The Morgan fingerprint density at radius 1 is 1.11 bits per heavy atom. The largest absolute Gasteiger partial charge is 0.458 e. The summed E-state index contributed by atoms with van der Waals surface area (Å²) >= 11 is 0. The van der Waals surface area contributed by atoms with E-state index < -0.39 is 17.6 Å². The molecule has 11 heteroatoms. The van der Waals surface area contributed by atoms with Crippen molar-refractivity contribution in [3.63, 3.8) is 0 Å². The highest BCUT2D eigenvalue weighted by atomic mass is 16.6. The van der Waals surface area contributed by atoms with Gasteiger partial charge >= 0.3 is 5.97 Å². The number of nitrogens with two attached hydrogens (primary N) is 1. The third-order valence-electron chi connectivity index (χ3n) is 5.40. The molecule has 3 aromatic rings. The van der Waals surface area contributed by atoms with Crippen LogP contribution in [-0.2, 0) is 16.0 Å². The lowest BCUT2D eigenvalue weighted by Crippen LogP contribution is -2.38. The van der Waals surface area contributed by atoms with E-state index in [4.69, 9.17) is 10.5 Å². The molecule has 196 valence electrons. The van der Waals surface area contributed by atoms with Crippen LogP contribution in [0.4, 0.5) is 34.6 Å². The van der Waals surface area contributed by atoms with Crippen molar-refractivity contribution in [3.8, 4) is 0 Å². The molecule has 0 bridgehead atoms. The van der Waals surface area contributed by atoms with Crippen molar-refractivity contribution in [1.82, 2.24) is 15.0 Å². The van der Waals surface area contributed by atoms with E-state index in [0.717, 1.165) is 11.3 Å². The van der Waals surface area contributed by atoms with Crippen LogP contribution < -0.4 is 21.3 Å². The first-order valence-corrected chi connectivity index (χ1v) is 12.1. The summed E-state index contributed by atoms with van der Waals surface area (Å²) in [4.78, 5) is 39.5. The van der Waals surface area contributed by atoms with Crippen LogP contribution in [0.1, 0.15) is 40.2 Å². The van der Waals surface area contributed by atoms with Crippen LogP contribution in [0.25, 0.3) is 0 Å². The third kappa shape index (κ3) is 7.60. The minimum atomic E-state index is -0.829. The lowest BCUT2D eigenvalue weighted by atomic mass is 10.0. The maximum Gasteiger partial charge on any atom is 0.329 e. The monoisotopic (exact) mass is 506 g/mol. The predicted octanol–water partition coefficient (Wildman–Crippen LogP) is 4.81. The number of hydrogen-bond acceptors (Lipinski definition) is 11. The number of nitrogens with zero attached hydrogens (tertiary/aromatic N) is 5. The number of aromatic nitrogens is 3. The van der Waals surface area contributed by atoms with Gasteiger partial charge in [-0.15, -0.1) is 4.91 Å². The van der Waals surface area contributed by atoms with Crippen molar-refractivity contribution in [2.75, 3.05) is 34.4 Å². The highest BCUT2D eigenvalue weighted by molar-refractivity contribution is 5.81. The normalized spacial score (nSPS) is 11.9. The molecule has 0 saturated heterocycles. The van der Waals surface area contributed by atoms with Gasteiger partial charge < -0.3 is 26.0 Å². The van der Waals surface area contributed by atoms with Gasteiger partial charge in [0.15, 0.2) is 17.3 Å². The van der Waals surface area contributed by atoms with Gasteiger partial charge in [-0.1, -0.05) is 12.1 Å². The fourth-order valence-electron chi connectivity index (χ4n) is 3.55. The lowest BCUT2D eigenvalue weighted by molar-refractivity contribution is -0.155. The van der Waals surface area contributed by atoms with Crippen LogP contribution in [0.3, 0.4) is 0 Å². The zero-order valence-electron chi connectivity index (χ0n) is 21.9. The van der Waals surface area contributed by atoms with Crippen LogP contribution in [0.15, 0.2) is 54.0 Å². The van der Waals surface area contributed by atoms with Gasteiger partial charge in [0.2, 0.25) is 5.95 Å². The van der Waals surface area contributed by atoms with E-state index in [1.807, 2.05) is 43.0 Å². The fraction of sp³-hybridized carbons (Fsp3) is 0.385. The summed E-state index contributed by atoms with van der Waals surface area (Å²) in [7, 11) is 0. The van der Waals surface area contributed by atoms with E-state index in [0.29, 0.717) is 30.5 Å². The smallest absolute Gasteiger partial charge is 0.329 e. The first-order chi connectivity index (χ1) is 17.6. The minimum absolute atomic E-state index is 0.0111. The first-order valence-electron chi connectivity index (χ1n) is 12.1. The fourth-order valence-corrected chi connectivity index (χ4v) is 3.55. The van der Waals surface area contributed by atoms with Crippen molar-refractivity contribution < 1.29 is 9.53 Å². The van der Waals surface area contributed by atoms with Crippen LogP contribution >= 0.6 is 0 Å². The number of anilines is 5. The summed E-state index contributed by atoms with van der Waals surface area (Å²) in [6.45, 7) is 10.7. The van der Waals surface area contributed by atoms with Crippen molar-refractivity contribution >= 4 is 40.6 Å². The molecule has 3 rings (SSSR count). The molecule has 0 saturated carbocycles. The summed E-state index contributed by atoms with van der Waals surface area (Å²) in [5.41, 5.74) is 7.47. The summed E-state index contributed by atoms with van der Waals surface area (Å²) in [5.74, 6) is 0.694. The number of nitrogen functional groups attached to an aromatic ring is 1. The van der Waals surface area contributed by atoms with E-state index in [-0.39, 0.29) is 17.9 Å². The Balaban J connectivity index is 1.86. The summed E-state index contributed by atoms with van der Waals surface area (Å²) in [6, 6.07) is 10.2. The second-order valence-corrected chi connectivity index (χ2v) is 9.37. The standard InChI is InChI=1S/C26H34N8O3/c1-6-34(7-2)25-29-16-21(33-36)23(32-25)31-20(24(35)37-26(3,4)5)15-17-10-12-18(13-11-17)30-22-19(27)9-8-14-28-22/h8-14,16,20H,6-7,15,27H2,1-5H3,(H,28,30)(H,29,31,32)/t20-/m0/s1. The lowest BCUT2D eigenvalue weighted by Gasteiger charge is -2.26. The minimum Gasteiger partial charge on any atom is -0.458 e. The summed E-state index contributed by atoms with van der Waals surface area (Å²) < 4.78 is 5.66. The van der Waals surface area contributed by atoms with Gasteiger partial charge in [-0.3, -0.25) is 0 Å². The number of rotatable bonds is 11. The number of carbonyl (C=O) groups excluding carboxylic acids is 1. The van der Waals surface area contributed by atoms with Crippen molar-refractivity contribution in [2.24, 2.45) is 5.18 Å². The van der Waals surface area contributed by atoms with Crippen molar-refractivity contribution in [1.29, 1.82) is 0 Å². The zero-order valence-corrected chi connectivity index (χ0v) is 21.9. The SMILES string of the molecule is CCN(CC)c1ncc(N=O)c(N[C@@H](Cc2ccc(Nc3ncccc3N)cc2)C(=O)OC(C)(C)C)n1. The molecule has 1 atom stereocenters. The average Bonchev–Trinajstić information content (AvgIpc) is 2.86. The zero-order chi connectivity index (χ0) is 27.0. The van der Waals surface area contributed by atoms with E-state index in [1.165, 1.54) is 6.20 Å². The molecule has 0 unspecified atom stereocenters.